The van der Waals surface area contributed by atoms with Crippen molar-refractivity contribution in [3.8, 4) is 0 Å². The summed E-state index contributed by atoms with van der Waals surface area (Å²) in [6, 6.07) is 2.85. The third-order valence-electron chi connectivity index (χ3n) is 2.76. The SMILES string of the molecule is COCCCN(CC(=O)Nc1ccc(F)cc1F)C(C)=O. The first-order valence-electron chi connectivity index (χ1n) is 6.43. The lowest BCUT2D eigenvalue weighted by Crippen LogP contribution is -2.37. The zero-order valence-corrected chi connectivity index (χ0v) is 12.0. The molecule has 21 heavy (non-hydrogen) atoms. The van der Waals surface area contributed by atoms with Crippen molar-refractivity contribution in [3.63, 3.8) is 0 Å². The van der Waals surface area contributed by atoms with Gasteiger partial charge in [-0.1, -0.05) is 0 Å². The molecular weight excluding hydrogens is 282 g/mol. The van der Waals surface area contributed by atoms with Crippen molar-refractivity contribution in [1.29, 1.82) is 0 Å². The van der Waals surface area contributed by atoms with E-state index in [2.05, 4.69) is 5.32 Å². The number of benzene rings is 1. The van der Waals surface area contributed by atoms with E-state index in [1.54, 1.807) is 7.11 Å². The summed E-state index contributed by atoms with van der Waals surface area (Å²) in [5.74, 6) is -2.40. The highest BCUT2D eigenvalue weighted by molar-refractivity contribution is 5.94. The van der Waals surface area contributed by atoms with Crippen LogP contribution >= 0.6 is 0 Å². The number of anilines is 1. The Bertz CT molecular complexity index is 509. The Morgan fingerprint density at radius 2 is 2.05 bits per heavy atom. The summed E-state index contributed by atoms with van der Waals surface area (Å²) in [5.41, 5.74) is -0.123. The Labute approximate surface area is 121 Å². The number of amides is 2. The molecule has 0 heterocycles. The fourth-order valence-corrected chi connectivity index (χ4v) is 1.70. The van der Waals surface area contributed by atoms with Crippen LogP contribution in [-0.2, 0) is 14.3 Å². The molecule has 0 aliphatic carbocycles. The number of hydrogen-bond donors (Lipinski definition) is 1. The molecule has 0 atom stereocenters. The molecule has 0 bridgehead atoms. The van der Waals surface area contributed by atoms with E-state index in [9.17, 15) is 18.4 Å². The molecule has 0 radical (unpaired) electrons. The number of carbonyl (C=O) groups excluding carboxylic acids is 2. The first kappa shape index (κ1) is 17.0. The van der Waals surface area contributed by atoms with Crippen LogP contribution in [0.5, 0.6) is 0 Å². The largest absolute Gasteiger partial charge is 0.385 e. The van der Waals surface area contributed by atoms with E-state index in [1.807, 2.05) is 0 Å². The molecule has 5 nitrogen and oxygen atoms in total. The van der Waals surface area contributed by atoms with Crippen molar-refractivity contribution < 1.29 is 23.1 Å². The zero-order chi connectivity index (χ0) is 15.8. The molecule has 0 saturated heterocycles. The smallest absolute Gasteiger partial charge is 0.244 e. The minimum atomic E-state index is -0.864. The van der Waals surface area contributed by atoms with Crippen LogP contribution in [0.2, 0.25) is 0 Å². The molecule has 1 rings (SSSR count). The second kappa shape index (κ2) is 8.31. The summed E-state index contributed by atoms with van der Waals surface area (Å²) in [6.07, 6.45) is 0.592. The van der Waals surface area contributed by atoms with E-state index in [1.165, 1.54) is 11.8 Å². The number of ether oxygens (including phenoxy) is 1. The van der Waals surface area contributed by atoms with Gasteiger partial charge in [0, 0.05) is 33.3 Å². The maximum atomic E-state index is 13.4. The van der Waals surface area contributed by atoms with E-state index in [4.69, 9.17) is 4.74 Å². The summed E-state index contributed by atoms with van der Waals surface area (Å²) in [5, 5.41) is 2.31. The lowest BCUT2D eigenvalue weighted by atomic mass is 10.3. The second-order valence-electron chi connectivity index (χ2n) is 4.46. The van der Waals surface area contributed by atoms with Crippen LogP contribution in [0.3, 0.4) is 0 Å². The molecule has 0 spiro atoms. The standard InChI is InChI=1S/C14H18F2N2O3/c1-10(19)18(6-3-7-21-2)9-14(20)17-13-5-4-11(15)8-12(13)16/h4-5,8H,3,6-7,9H2,1-2H3,(H,17,20). The van der Waals surface area contributed by atoms with Crippen molar-refractivity contribution in [2.24, 2.45) is 0 Å². The molecule has 1 N–H and O–H groups in total. The Morgan fingerprint density at radius 1 is 1.33 bits per heavy atom. The van der Waals surface area contributed by atoms with Crippen molar-refractivity contribution >= 4 is 17.5 Å². The predicted molar refractivity (Wildman–Crippen MR) is 73.7 cm³/mol. The van der Waals surface area contributed by atoms with Crippen LogP contribution in [0.15, 0.2) is 18.2 Å². The minimum absolute atomic E-state index is 0.123. The monoisotopic (exact) mass is 300 g/mol. The molecule has 1 aromatic carbocycles. The van der Waals surface area contributed by atoms with Gasteiger partial charge in [0.05, 0.1) is 12.2 Å². The van der Waals surface area contributed by atoms with Gasteiger partial charge in [0.1, 0.15) is 11.6 Å². The maximum absolute atomic E-state index is 13.4. The van der Waals surface area contributed by atoms with Gasteiger partial charge >= 0.3 is 0 Å². The number of carbonyl (C=O) groups is 2. The lowest BCUT2D eigenvalue weighted by molar-refractivity contribution is -0.132. The molecule has 7 heteroatoms. The number of methoxy groups -OCH3 is 1. The van der Waals surface area contributed by atoms with Gasteiger partial charge in [0.25, 0.3) is 0 Å². The molecule has 0 fully saturated rings. The summed E-state index contributed by atoms with van der Waals surface area (Å²) in [6.45, 7) is 1.98. The normalized spacial score (nSPS) is 10.3. The molecule has 1 aromatic rings. The first-order chi connectivity index (χ1) is 9.93. The highest BCUT2D eigenvalue weighted by atomic mass is 19.1. The van der Waals surface area contributed by atoms with Gasteiger partial charge in [-0.05, 0) is 18.6 Å². The van der Waals surface area contributed by atoms with E-state index in [0.717, 1.165) is 12.1 Å². The van der Waals surface area contributed by atoms with E-state index in [0.29, 0.717) is 25.6 Å². The summed E-state index contributed by atoms with van der Waals surface area (Å²) < 4.78 is 31.0. The fraction of sp³-hybridized carbons (Fsp3) is 0.429. The molecule has 0 aromatic heterocycles. The Morgan fingerprint density at radius 3 is 2.62 bits per heavy atom. The van der Waals surface area contributed by atoms with Gasteiger partial charge < -0.3 is 15.0 Å². The van der Waals surface area contributed by atoms with Crippen molar-refractivity contribution in [1.82, 2.24) is 4.90 Å². The Kier molecular flexibility index (Phi) is 6.74. The van der Waals surface area contributed by atoms with Crippen molar-refractivity contribution in [2.75, 3.05) is 32.1 Å². The third kappa shape index (κ3) is 5.86. The fourth-order valence-electron chi connectivity index (χ4n) is 1.70. The quantitative estimate of drug-likeness (QED) is 0.781. The van der Waals surface area contributed by atoms with Crippen LogP contribution in [-0.4, -0.2) is 43.5 Å². The third-order valence-corrected chi connectivity index (χ3v) is 2.76. The van der Waals surface area contributed by atoms with E-state index >= 15 is 0 Å². The molecule has 0 unspecified atom stereocenters. The van der Waals surface area contributed by atoms with Gasteiger partial charge in [-0.25, -0.2) is 8.78 Å². The van der Waals surface area contributed by atoms with Crippen LogP contribution < -0.4 is 5.32 Å². The van der Waals surface area contributed by atoms with Crippen molar-refractivity contribution in [2.45, 2.75) is 13.3 Å². The Hall–Kier alpha value is -2.02. The van der Waals surface area contributed by atoms with Gasteiger partial charge in [0.2, 0.25) is 11.8 Å². The number of nitrogens with one attached hydrogen (secondary N) is 1. The molecule has 0 saturated carbocycles. The molecule has 0 aliphatic rings. The van der Waals surface area contributed by atoms with Crippen molar-refractivity contribution in [3.05, 3.63) is 29.8 Å². The number of halogens is 2. The first-order valence-corrected chi connectivity index (χ1v) is 6.43. The topological polar surface area (TPSA) is 58.6 Å². The average Bonchev–Trinajstić information content (AvgIpc) is 2.41. The number of rotatable bonds is 7. The van der Waals surface area contributed by atoms with E-state index < -0.39 is 17.5 Å². The zero-order valence-electron chi connectivity index (χ0n) is 12.0. The molecule has 2 amide bonds. The maximum Gasteiger partial charge on any atom is 0.244 e. The Balaban J connectivity index is 2.59. The summed E-state index contributed by atoms with van der Waals surface area (Å²) >= 11 is 0. The van der Waals surface area contributed by atoms with Gasteiger partial charge in [-0.2, -0.15) is 0 Å². The van der Waals surface area contributed by atoms with Gasteiger partial charge in [0.15, 0.2) is 0 Å². The van der Waals surface area contributed by atoms with Gasteiger partial charge in [-0.15, -0.1) is 0 Å². The molecule has 0 aliphatic heterocycles. The molecule has 116 valence electrons. The number of hydrogen-bond acceptors (Lipinski definition) is 3. The number of nitrogens with zero attached hydrogens (tertiary/aromatic N) is 1. The summed E-state index contributed by atoms with van der Waals surface area (Å²) in [7, 11) is 1.54. The highest BCUT2D eigenvalue weighted by Crippen LogP contribution is 2.14. The predicted octanol–water partition coefficient (Wildman–Crippen LogP) is 1.79. The van der Waals surface area contributed by atoms with Crippen LogP contribution in [0, 0.1) is 11.6 Å². The lowest BCUT2D eigenvalue weighted by Gasteiger charge is -2.20. The summed E-state index contributed by atoms with van der Waals surface area (Å²) in [4.78, 5) is 24.5. The van der Waals surface area contributed by atoms with E-state index in [-0.39, 0.29) is 18.1 Å². The van der Waals surface area contributed by atoms with Crippen LogP contribution in [0.1, 0.15) is 13.3 Å². The molecular formula is C14H18F2N2O3. The highest BCUT2D eigenvalue weighted by Gasteiger charge is 2.14. The van der Waals surface area contributed by atoms with Crippen LogP contribution in [0.25, 0.3) is 0 Å². The average molecular weight is 300 g/mol. The van der Waals surface area contributed by atoms with Crippen LogP contribution in [0.4, 0.5) is 14.5 Å². The van der Waals surface area contributed by atoms with Gasteiger partial charge in [-0.3, -0.25) is 9.59 Å². The second-order valence-corrected chi connectivity index (χ2v) is 4.46. The minimum Gasteiger partial charge on any atom is -0.385 e.